The number of anilines is 2. The van der Waals surface area contributed by atoms with Crippen LogP contribution < -0.4 is 15.2 Å². The van der Waals surface area contributed by atoms with Gasteiger partial charge in [0, 0.05) is 12.4 Å². The Balaban J connectivity index is 0.000000461. The maximum Gasteiger partial charge on any atom is 0.237 e. The van der Waals surface area contributed by atoms with Gasteiger partial charge < -0.3 is 15.6 Å². The van der Waals surface area contributed by atoms with E-state index in [-0.39, 0.29) is 17.9 Å². The monoisotopic (exact) mass is 569 g/mol. The van der Waals surface area contributed by atoms with Gasteiger partial charge in [0.25, 0.3) is 0 Å². The average molecular weight is 570 g/mol. The van der Waals surface area contributed by atoms with E-state index in [1.807, 2.05) is 0 Å². The quantitative estimate of drug-likeness (QED) is 0.267. The van der Waals surface area contributed by atoms with Gasteiger partial charge in [-0.3, -0.25) is 4.72 Å². The highest BCUT2D eigenvalue weighted by Crippen LogP contribution is 2.34. The molecule has 4 aromatic rings. The summed E-state index contributed by atoms with van der Waals surface area (Å²) < 4.78 is 61.7. The first kappa shape index (κ1) is 28.8. The molecule has 0 atom stereocenters. The molecule has 1 aliphatic rings. The number of sulfonamides is 1. The van der Waals surface area contributed by atoms with Gasteiger partial charge in [0.05, 0.1) is 28.8 Å². The number of halogens is 2. The minimum Gasteiger partial charge on any atom is -0.435 e. The van der Waals surface area contributed by atoms with Crippen LogP contribution in [0.4, 0.5) is 20.4 Å². The maximum atomic E-state index is 14.7. The van der Waals surface area contributed by atoms with Crippen molar-refractivity contribution in [2.75, 3.05) is 10.5 Å². The number of pyridine rings is 1. The number of nitrogens with zero attached hydrogens (tertiary/aromatic N) is 3. The number of nitrogens with one attached hydrogen (secondary N) is 1. The SMILES string of the molecule is Nc1nccc(-c2cccnc2Oc2ccc(NS(=O)(=O)Cc3ccccc3)c(F)c2F)n1.OC1CCCCC1. The topological polar surface area (TPSA) is 140 Å². The van der Waals surface area contributed by atoms with E-state index in [1.54, 1.807) is 48.5 Å². The van der Waals surface area contributed by atoms with Crippen molar-refractivity contribution < 1.29 is 27.0 Å². The molecular weight excluding hydrogens is 540 g/mol. The summed E-state index contributed by atoms with van der Waals surface area (Å²) in [7, 11) is -3.98. The summed E-state index contributed by atoms with van der Waals surface area (Å²) >= 11 is 0. The first-order valence-electron chi connectivity index (χ1n) is 12.6. The molecule has 2 aromatic heterocycles. The fourth-order valence-corrected chi connectivity index (χ4v) is 5.26. The molecule has 12 heteroatoms. The maximum absolute atomic E-state index is 14.7. The Morgan fingerprint density at radius 3 is 2.35 bits per heavy atom. The van der Waals surface area contributed by atoms with E-state index in [9.17, 15) is 17.2 Å². The fraction of sp³-hybridized carbons (Fsp3) is 0.250. The second-order valence-corrected chi connectivity index (χ2v) is 10.9. The summed E-state index contributed by atoms with van der Waals surface area (Å²) in [6.07, 6.45) is 8.77. The van der Waals surface area contributed by atoms with Gasteiger partial charge in [-0.05, 0) is 48.7 Å². The lowest BCUT2D eigenvalue weighted by Gasteiger charge is -2.14. The standard InChI is InChI=1S/C22H17F2N5O3S.C6H12O/c23-19-17(29-33(30,31)13-14-5-2-1-3-6-14)8-9-18(20(19)24)32-21-15(7-4-11-26-21)16-10-12-27-22(25)28-16;7-6-4-2-1-3-5-6/h1-12,29H,13H2,(H2,25,27,28);6-7H,1-5H2. The first-order valence-corrected chi connectivity index (χ1v) is 14.3. The predicted molar refractivity (Wildman–Crippen MR) is 148 cm³/mol. The summed E-state index contributed by atoms with van der Waals surface area (Å²) in [5, 5.41) is 8.91. The van der Waals surface area contributed by atoms with E-state index >= 15 is 0 Å². The summed E-state index contributed by atoms with van der Waals surface area (Å²) in [5.74, 6) is -3.70. The smallest absolute Gasteiger partial charge is 0.237 e. The number of hydrogen-bond donors (Lipinski definition) is 3. The van der Waals surface area contributed by atoms with Crippen LogP contribution >= 0.6 is 0 Å². The van der Waals surface area contributed by atoms with Crippen molar-refractivity contribution in [3.8, 4) is 22.9 Å². The van der Waals surface area contributed by atoms with Crippen LogP contribution in [0.5, 0.6) is 11.6 Å². The summed E-state index contributed by atoms with van der Waals surface area (Å²) in [5.41, 5.74) is 6.31. The number of hydrogen-bond acceptors (Lipinski definition) is 8. The van der Waals surface area contributed by atoms with Crippen LogP contribution in [0.2, 0.25) is 0 Å². The van der Waals surface area contributed by atoms with E-state index in [0.717, 1.165) is 25.0 Å². The van der Waals surface area contributed by atoms with E-state index in [4.69, 9.17) is 15.6 Å². The lowest BCUT2D eigenvalue weighted by Crippen LogP contribution is -2.16. The zero-order chi connectivity index (χ0) is 28.5. The number of rotatable bonds is 7. The Hall–Kier alpha value is -4.16. The highest BCUT2D eigenvalue weighted by atomic mass is 32.2. The van der Waals surface area contributed by atoms with E-state index in [0.29, 0.717) is 16.8 Å². The molecule has 4 N–H and O–H groups in total. The minimum atomic E-state index is -3.98. The first-order chi connectivity index (χ1) is 19.2. The van der Waals surface area contributed by atoms with Gasteiger partial charge in [-0.15, -0.1) is 0 Å². The van der Waals surface area contributed by atoms with Crippen LogP contribution in [0.25, 0.3) is 11.3 Å². The number of aliphatic hydroxyl groups excluding tert-OH is 1. The molecule has 1 aliphatic carbocycles. The molecule has 5 rings (SSSR count). The van der Waals surface area contributed by atoms with Crippen molar-refractivity contribution in [3.63, 3.8) is 0 Å². The molecule has 2 heterocycles. The average Bonchev–Trinajstić information content (AvgIpc) is 2.94. The minimum absolute atomic E-state index is 0.0201. The Labute approximate surface area is 231 Å². The van der Waals surface area contributed by atoms with Crippen LogP contribution in [0.3, 0.4) is 0 Å². The molecule has 0 aliphatic heterocycles. The van der Waals surface area contributed by atoms with Gasteiger partial charge in [-0.25, -0.2) is 27.8 Å². The largest absolute Gasteiger partial charge is 0.435 e. The molecule has 0 unspecified atom stereocenters. The van der Waals surface area contributed by atoms with Gasteiger partial charge in [0.1, 0.15) is 0 Å². The van der Waals surface area contributed by atoms with Crippen molar-refractivity contribution in [1.29, 1.82) is 0 Å². The molecule has 9 nitrogen and oxygen atoms in total. The molecule has 210 valence electrons. The van der Waals surface area contributed by atoms with Gasteiger partial charge in [-0.1, -0.05) is 49.6 Å². The van der Waals surface area contributed by atoms with Gasteiger partial charge in [0.2, 0.25) is 27.7 Å². The molecule has 1 fully saturated rings. The Morgan fingerprint density at radius 1 is 0.925 bits per heavy atom. The van der Waals surface area contributed by atoms with Crippen LogP contribution in [0.1, 0.15) is 37.7 Å². The molecule has 1 saturated carbocycles. The van der Waals surface area contributed by atoms with Gasteiger partial charge in [0.15, 0.2) is 11.6 Å². The van der Waals surface area contributed by atoms with Crippen molar-refractivity contribution in [1.82, 2.24) is 15.0 Å². The van der Waals surface area contributed by atoms with Crippen LogP contribution in [-0.2, 0) is 15.8 Å². The summed E-state index contributed by atoms with van der Waals surface area (Å²) in [4.78, 5) is 11.9. The molecule has 0 radical (unpaired) electrons. The van der Waals surface area contributed by atoms with Crippen molar-refractivity contribution in [2.24, 2.45) is 0 Å². The second-order valence-electron chi connectivity index (χ2n) is 9.14. The normalized spacial score (nSPS) is 13.7. The summed E-state index contributed by atoms with van der Waals surface area (Å²) in [6, 6.07) is 15.3. The highest BCUT2D eigenvalue weighted by Gasteiger charge is 2.21. The van der Waals surface area contributed by atoms with Gasteiger partial charge in [-0.2, -0.15) is 4.39 Å². The number of nitrogen functional groups attached to an aromatic ring is 1. The molecule has 40 heavy (non-hydrogen) atoms. The fourth-order valence-electron chi connectivity index (χ4n) is 4.06. The third kappa shape index (κ3) is 7.93. The van der Waals surface area contributed by atoms with Crippen molar-refractivity contribution in [3.05, 3.63) is 90.3 Å². The lowest BCUT2D eigenvalue weighted by molar-refractivity contribution is 0.130. The van der Waals surface area contributed by atoms with Crippen LogP contribution in [-0.4, -0.2) is 34.6 Å². The number of benzene rings is 2. The van der Waals surface area contributed by atoms with E-state index in [2.05, 4.69) is 19.7 Å². The highest BCUT2D eigenvalue weighted by molar-refractivity contribution is 7.91. The molecular formula is C28H29F2N5O4S. The summed E-state index contributed by atoms with van der Waals surface area (Å²) in [6.45, 7) is 0. The zero-order valence-corrected chi connectivity index (χ0v) is 22.3. The number of aromatic nitrogens is 3. The molecule has 0 amide bonds. The Morgan fingerprint density at radius 2 is 1.68 bits per heavy atom. The third-order valence-electron chi connectivity index (χ3n) is 6.01. The number of aliphatic hydroxyl groups is 1. The molecule has 0 saturated heterocycles. The molecule has 2 aromatic carbocycles. The number of nitrogens with two attached hydrogens (primary N) is 1. The Bertz CT molecular complexity index is 1540. The van der Waals surface area contributed by atoms with Crippen molar-refractivity contribution in [2.45, 2.75) is 44.0 Å². The molecule has 0 bridgehead atoms. The van der Waals surface area contributed by atoms with Crippen LogP contribution in [0.15, 0.2) is 73.1 Å². The molecule has 0 spiro atoms. The van der Waals surface area contributed by atoms with Gasteiger partial charge >= 0.3 is 0 Å². The lowest BCUT2D eigenvalue weighted by atomic mass is 9.98. The van der Waals surface area contributed by atoms with Crippen molar-refractivity contribution >= 4 is 21.7 Å². The predicted octanol–water partition coefficient (Wildman–Crippen LogP) is 5.44. The number of ether oxygens (including phenoxy) is 1. The second kappa shape index (κ2) is 13.3. The van der Waals surface area contributed by atoms with Crippen LogP contribution in [0, 0.1) is 11.6 Å². The van der Waals surface area contributed by atoms with E-state index < -0.39 is 38.8 Å². The Kier molecular flexibility index (Phi) is 9.56. The third-order valence-corrected chi connectivity index (χ3v) is 7.26. The van der Waals surface area contributed by atoms with E-state index in [1.165, 1.54) is 31.7 Å². The zero-order valence-electron chi connectivity index (χ0n) is 21.5.